The number of nitrogens with one attached hydrogen (secondary N) is 1. The van der Waals surface area contributed by atoms with E-state index in [0.717, 1.165) is 5.57 Å². The van der Waals surface area contributed by atoms with Gasteiger partial charge < -0.3 is 4.98 Å². The molecule has 11 heavy (non-hydrogen) atoms. The molecular weight excluding hydrogens is 140 g/mol. The van der Waals surface area contributed by atoms with Crippen molar-refractivity contribution in [3.63, 3.8) is 0 Å². The Morgan fingerprint density at radius 3 is 2.82 bits per heavy atom. The van der Waals surface area contributed by atoms with Crippen LogP contribution in [0.3, 0.4) is 0 Å². The minimum atomic E-state index is -0.0741. The summed E-state index contributed by atoms with van der Waals surface area (Å²) in [5.41, 5.74) is 0.978. The summed E-state index contributed by atoms with van der Waals surface area (Å²) in [5, 5.41) is 0. The number of hydrogen-bond donors (Lipinski definition) is 1. The predicted molar refractivity (Wildman–Crippen MR) is 42.3 cm³/mol. The summed E-state index contributed by atoms with van der Waals surface area (Å²) < 4.78 is 0. The first-order valence-electron chi connectivity index (χ1n) is 3.39. The molecule has 0 spiro atoms. The van der Waals surface area contributed by atoms with Crippen LogP contribution in [-0.4, -0.2) is 15.8 Å². The SMILES string of the molecule is CC(C)=CC(=O)c1ncc[nH]1. The molecule has 1 heterocycles. The molecule has 0 aliphatic rings. The van der Waals surface area contributed by atoms with Crippen LogP contribution in [0, 0.1) is 0 Å². The highest BCUT2D eigenvalue weighted by atomic mass is 16.1. The lowest BCUT2D eigenvalue weighted by atomic mass is 10.2. The van der Waals surface area contributed by atoms with E-state index in [0.29, 0.717) is 5.82 Å². The van der Waals surface area contributed by atoms with Crippen LogP contribution in [0.15, 0.2) is 24.0 Å². The molecule has 1 aromatic rings. The fraction of sp³-hybridized carbons (Fsp3) is 0.250. The summed E-state index contributed by atoms with van der Waals surface area (Å²) >= 11 is 0. The average molecular weight is 150 g/mol. The molecule has 0 aliphatic carbocycles. The molecule has 0 radical (unpaired) electrons. The van der Waals surface area contributed by atoms with Crippen molar-refractivity contribution < 1.29 is 4.79 Å². The van der Waals surface area contributed by atoms with Gasteiger partial charge in [0.1, 0.15) is 0 Å². The van der Waals surface area contributed by atoms with Crippen LogP contribution < -0.4 is 0 Å². The van der Waals surface area contributed by atoms with Crippen LogP contribution in [0.1, 0.15) is 24.5 Å². The Labute approximate surface area is 65.2 Å². The van der Waals surface area contributed by atoms with Crippen molar-refractivity contribution in [1.29, 1.82) is 0 Å². The van der Waals surface area contributed by atoms with Crippen molar-refractivity contribution in [2.75, 3.05) is 0 Å². The van der Waals surface area contributed by atoms with E-state index in [1.807, 2.05) is 13.8 Å². The fourth-order valence-electron chi connectivity index (χ4n) is 0.731. The van der Waals surface area contributed by atoms with E-state index in [2.05, 4.69) is 9.97 Å². The van der Waals surface area contributed by atoms with E-state index in [9.17, 15) is 4.79 Å². The molecule has 58 valence electrons. The van der Waals surface area contributed by atoms with Crippen LogP contribution in [-0.2, 0) is 0 Å². The van der Waals surface area contributed by atoms with Gasteiger partial charge in [-0.2, -0.15) is 0 Å². The second kappa shape index (κ2) is 3.14. The van der Waals surface area contributed by atoms with Crippen molar-refractivity contribution in [1.82, 2.24) is 9.97 Å². The van der Waals surface area contributed by atoms with Gasteiger partial charge in [0.2, 0.25) is 5.78 Å². The van der Waals surface area contributed by atoms with Crippen molar-refractivity contribution >= 4 is 5.78 Å². The zero-order valence-electron chi connectivity index (χ0n) is 6.59. The Bertz CT molecular complexity index is 268. The Morgan fingerprint density at radius 2 is 2.36 bits per heavy atom. The average Bonchev–Trinajstić information content (AvgIpc) is 2.35. The van der Waals surface area contributed by atoms with Crippen LogP contribution in [0.2, 0.25) is 0 Å². The van der Waals surface area contributed by atoms with E-state index in [1.165, 1.54) is 0 Å². The number of H-pyrrole nitrogens is 1. The number of allylic oxidation sites excluding steroid dienone is 2. The molecule has 0 unspecified atom stereocenters. The third kappa shape index (κ3) is 2.04. The Kier molecular flexibility index (Phi) is 2.21. The van der Waals surface area contributed by atoms with E-state index < -0.39 is 0 Å². The Hall–Kier alpha value is -1.38. The van der Waals surface area contributed by atoms with Gasteiger partial charge in [0.15, 0.2) is 5.82 Å². The maximum Gasteiger partial charge on any atom is 0.220 e. The fourth-order valence-corrected chi connectivity index (χ4v) is 0.731. The number of rotatable bonds is 2. The first-order valence-corrected chi connectivity index (χ1v) is 3.39. The minimum absolute atomic E-state index is 0.0741. The maximum atomic E-state index is 11.1. The van der Waals surface area contributed by atoms with Crippen molar-refractivity contribution in [2.24, 2.45) is 0 Å². The van der Waals surface area contributed by atoms with Crippen molar-refractivity contribution in [2.45, 2.75) is 13.8 Å². The van der Waals surface area contributed by atoms with Gasteiger partial charge in [0.05, 0.1) is 0 Å². The van der Waals surface area contributed by atoms with E-state index in [4.69, 9.17) is 0 Å². The second-order valence-corrected chi connectivity index (χ2v) is 2.52. The number of ketones is 1. The van der Waals surface area contributed by atoms with E-state index >= 15 is 0 Å². The molecule has 1 aromatic heterocycles. The number of nitrogens with zero attached hydrogens (tertiary/aromatic N) is 1. The summed E-state index contributed by atoms with van der Waals surface area (Å²) in [6, 6.07) is 0. The molecular formula is C8H10N2O. The van der Waals surface area contributed by atoms with Gasteiger partial charge in [0.25, 0.3) is 0 Å². The van der Waals surface area contributed by atoms with Gasteiger partial charge in [-0.3, -0.25) is 4.79 Å². The van der Waals surface area contributed by atoms with E-state index in [1.54, 1.807) is 18.5 Å². The third-order valence-corrected chi connectivity index (χ3v) is 1.15. The van der Waals surface area contributed by atoms with Gasteiger partial charge in [-0.1, -0.05) is 5.57 Å². The largest absolute Gasteiger partial charge is 0.342 e. The third-order valence-electron chi connectivity index (χ3n) is 1.15. The number of carbonyl (C=O) groups excluding carboxylic acids is 1. The zero-order chi connectivity index (χ0) is 8.27. The highest BCUT2D eigenvalue weighted by Crippen LogP contribution is 1.96. The molecule has 0 saturated heterocycles. The highest BCUT2D eigenvalue weighted by Gasteiger charge is 2.02. The van der Waals surface area contributed by atoms with Gasteiger partial charge >= 0.3 is 0 Å². The second-order valence-electron chi connectivity index (χ2n) is 2.52. The molecule has 3 heteroatoms. The van der Waals surface area contributed by atoms with Crippen LogP contribution in [0.5, 0.6) is 0 Å². The van der Waals surface area contributed by atoms with Crippen LogP contribution in [0.25, 0.3) is 0 Å². The number of carbonyl (C=O) groups is 1. The van der Waals surface area contributed by atoms with E-state index in [-0.39, 0.29) is 5.78 Å². The maximum absolute atomic E-state index is 11.1. The van der Waals surface area contributed by atoms with Gasteiger partial charge in [0, 0.05) is 12.4 Å². The molecule has 0 fully saturated rings. The molecule has 0 saturated carbocycles. The highest BCUT2D eigenvalue weighted by molar-refractivity contribution is 6.01. The van der Waals surface area contributed by atoms with Crippen molar-refractivity contribution in [3.05, 3.63) is 29.9 Å². The summed E-state index contributed by atoms with van der Waals surface area (Å²) in [4.78, 5) is 17.7. The lowest BCUT2D eigenvalue weighted by molar-refractivity contribution is 0.103. The summed E-state index contributed by atoms with van der Waals surface area (Å²) in [6.45, 7) is 3.75. The van der Waals surface area contributed by atoms with Gasteiger partial charge in [-0.15, -0.1) is 0 Å². The summed E-state index contributed by atoms with van der Waals surface area (Å²) in [5.74, 6) is 0.321. The normalized spacial score (nSPS) is 9.27. The molecule has 0 bridgehead atoms. The number of imidazole rings is 1. The molecule has 0 atom stereocenters. The van der Waals surface area contributed by atoms with Crippen LogP contribution in [0.4, 0.5) is 0 Å². The molecule has 3 nitrogen and oxygen atoms in total. The number of aromatic amines is 1. The summed E-state index contributed by atoms with van der Waals surface area (Å²) in [7, 11) is 0. The molecule has 1 rings (SSSR count). The van der Waals surface area contributed by atoms with Crippen LogP contribution >= 0.6 is 0 Å². The van der Waals surface area contributed by atoms with Gasteiger partial charge in [-0.25, -0.2) is 4.98 Å². The Balaban J connectivity index is 2.80. The van der Waals surface area contributed by atoms with Crippen molar-refractivity contribution in [3.8, 4) is 0 Å². The zero-order valence-corrected chi connectivity index (χ0v) is 6.59. The standard InChI is InChI=1S/C8H10N2O/c1-6(2)5-7(11)8-9-3-4-10-8/h3-5H,1-2H3,(H,9,10). The summed E-state index contributed by atoms with van der Waals surface area (Å²) in [6.07, 6.45) is 4.75. The minimum Gasteiger partial charge on any atom is -0.342 e. The lowest BCUT2D eigenvalue weighted by Gasteiger charge is -1.88. The molecule has 0 aromatic carbocycles. The Morgan fingerprint density at radius 1 is 1.64 bits per heavy atom. The lowest BCUT2D eigenvalue weighted by Crippen LogP contribution is -1.97. The molecule has 0 amide bonds. The van der Waals surface area contributed by atoms with Gasteiger partial charge in [-0.05, 0) is 19.9 Å². The predicted octanol–water partition coefficient (Wildman–Crippen LogP) is 1.56. The smallest absolute Gasteiger partial charge is 0.220 e. The quantitative estimate of drug-likeness (QED) is 0.513. The number of aromatic nitrogens is 2. The number of hydrogen-bond acceptors (Lipinski definition) is 2. The topological polar surface area (TPSA) is 45.8 Å². The first-order chi connectivity index (χ1) is 5.20. The monoisotopic (exact) mass is 150 g/mol. The first kappa shape index (κ1) is 7.72. The molecule has 0 aliphatic heterocycles. The molecule has 1 N–H and O–H groups in total.